The van der Waals surface area contributed by atoms with Gasteiger partial charge in [-0.15, -0.1) is 11.3 Å². The van der Waals surface area contributed by atoms with Gasteiger partial charge in [0.05, 0.1) is 0 Å². The molecule has 0 aliphatic rings. The Morgan fingerprint density at radius 1 is 1.21 bits per heavy atom. The molecule has 0 aliphatic heterocycles. The van der Waals surface area contributed by atoms with Gasteiger partial charge < -0.3 is 10.1 Å². The monoisotopic (exact) mass is 345 g/mol. The van der Waals surface area contributed by atoms with E-state index in [1.54, 1.807) is 11.3 Å². The van der Waals surface area contributed by atoms with Gasteiger partial charge in [0, 0.05) is 10.4 Å². The maximum atomic E-state index is 5.86. The van der Waals surface area contributed by atoms with E-state index in [2.05, 4.69) is 42.4 Å². The Kier molecular flexibility index (Phi) is 13.6. The Morgan fingerprint density at radius 2 is 1.92 bits per heavy atom. The number of rotatable bonds is 6. The molecule has 3 heteroatoms. The first-order chi connectivity index (χ1) is 11.8. The van der Waals surface area contributed by atoms with Crippen molar-refractivity contribution >= 4 is 23.5 Å². The molecule has 132 valence electrons. The predicted octanol–water partition coefficient (Wildman–Crippen LogP) is 6.26. The SMILES string of the molecule is C=Cc1c(/C=C\C)cccc1OCc1cccs1.CC.CCNC. The molecule has 0 aliphatic carbocycles. The van der Waals surface area contributed by atoms with Gasteiger partial charge in [-0.05, 0) is 43.6 Å². The number of thiophene rings is 1. The first-order valence-electron chi connectivity index (χ1n) is 8.44. The Bertz CT molecular complexity index is 572. The fourth-order valence-corrected chi connectivity index (χ4v) is 2.39. The molecule has 1 N–H and O–H groups in total. The molecule has 2 nitrogen and oxygen atoms in total. The summed E-state index contributed by atoms with van der Waals surface area (Å²) in [6.45, 7) is 13.6. The minimum atomic E-state index is 0.609. The molecule has 0 saturated carbocycles. The average molecular weight is 346 g/mol. The fourth-order valence-electron chi connectivity index (χ4n) is 1.77. The molecule has 1 heterocycles. The molecule has 0 spiro atoms. The first kappa shape index (κ1) is 22.2. The van der Waals surface area contributed by atoms with Gasteiger partial charge in [-0.25, -0.2) is 0 Å². The van der Waals surface area contributed by atoms with E-state index in [1.165, 1.54) is 4.88 Å². The van der Waals surface area contributed by atoms with Crippen LogP contribution in [0.1, 0.15) is 43.7 Å². The third kappa shape index (κ3) is 8.14. The lowest BCUT2D eigenvalue weighted by molar-refractivity contribution is 0.309. The topological polar surface area (TPSA) is 21.3 Å². The second kappa shape index (κ2) is 14.7. The Hall–Kier alpha value is -1.84. The molecule has 2 aromatic rings. The molecular weight excluding hydrogens is 314 g/mol. The zero-order chi connectivity index (χ0) is 18.2. The van der Waals surface area contributed by atoms with E-state index in [0.717, 1.165) is 23.4 Å². The van der Waals surface area contributed by atoms with Crippen LogP contribution in [0.5, 0.6) is 5.75 Å². The van der Waals surface area contributed by atoms with Gasteiger partial charge >= 0.3 is 0 Å². The van der Waals surface area contributed by atoms with Crippen LogP contribution in [-0.4, -0.2) is 13.6 Å². The van der Waals surface area contributed by atoms with Crippen molar-refractivity contribution in [1.29, 1.82) is 0 Å². The first-order valence-corrected chi connectivity index (χ1v) is 9.32. The van der Waals surface area contributed by atoms with Crippen LogP contribution in [-0.2, 0) is 6.61 Å². The minimum absolute atomic E-state index is 0.609. The summed E-state index contributed by atoms with van der Waals surface area (Å²) in [4.78, 5) is 1.22. The van der Waals surface area contributed by atoms with E-state index in [0.29, 0.717) is 6.61 Å². The van der Waals surface area contributed by atoms with E-state index in [9.17, 15) is 0 Å². The van der Waals surface area contributed by atoms with Crippen LogP contribution in [0.2, 0.25) is 0 Å². The van der Waals surface area contributed by atoms with Gasteiger partial charge in [0.1, 0.15) is 12.4 Å². The molecule has 0 saturated heterocycles. The molecule has 24 heavy (non-hydrogen) atoms. The van der Waals surface area contributed by atoms with Crippen LogP contribution < -0.4 is 10.1 Å². The van der Waals surface area contributed by atoms with Gasteiger partial charge in [-0.2, -0.15) is 0 Å². The molecule has 1 aromatic heterocycles. The summed E-state index contributed by atoms with van der Waals surface area (Å²) in [5.74, 6) is 0.883. The molecule has 2 rings (SSSR count). The van der Waals surface area contributed by atoms with Gasteiger partial charge in [-0.3, -0.25) is 0 Å². The van der Waals surface area contributed by atoms with Crippen molar-refractivity contribution in [3.63, 3.8) is 0 Å². The summed E-state index contributed by atoms with van der Waals surface area (Å²) in [6.07, 6.45) is 5.93. The standard InChI is InChI=1S/C16H16OS.C3H9N.C2H6/c1-3-7-13-8-5-10-16(15(13)4-2)17-12-14-9-6-11-18-14;1-3-4-2;1-2/h3-11H,2,12H2,1H3;4H,3H2,1-2H3;1-2H3/b7-3-;;. The summed E-state index contributed by atoms with van der Waals surface area (Å²) in [5.41, 5.74) is 2.18. The molecule has 0 fully saturated rings. The highest BCUT2D eigenvalue weighted by molar-refractivity contribution is 7.09. The van der Waals surface area contributed by atoms with Gasteiger partial charge in [0.2, 0.25) is 0 Å². The lowest BCUT2D eigenvalue weighted by Crippen LogP contribution is -2.01. The number of benzene rings is 1. The molecule has 0 atom stereocenters. The zero-order valence-electron chi connectivity index (χ0n) is 15.6. The summed E-state index contributed by atoms with van der Waals surface area (Å²) in [5, 5.41) is 4.99. The number of hydrogen-bond acceptors (Lipinski definition) is 3. The summed E-state index contributed by atoms with van der Waals surface area (Å²) < 4.78 is 5.86. The normalized spacial score (nSPS) is 9.54. The highest BCUT2D eigenvalue weighted by Crippen LogP contribution is 2.26. The van der Waals surface area contributed by atoms with Crippen molar-refractivity contribution in [3.05, 3.63) is 64.4 Å². The number of ether oxygens (including phenoxy) is 1. The summed E-state index contributed by atoms with van der Waals surface area (Å²) in [7, 11) is 1.93. The number of nitrogens with one attached hydrogen (secondary N) is 1. The molecule has 1 aromatic carbocycles. The second-order valence-electron chi connectivity index (χ2n) is 4.54. The molecule has 0 radical (unpaired) electrons. The largest absolute Gasteiger partial charge is 0.487 e. The molecular formula is C21H31NOS. The molecule has 0 bridgehead atoms. The zero-order valence-corrected chi connectivity index (χ0v) is 16.5. The van der Waals surface area contributed by atoms with Gasteiger partial charge in [0.15, 0.2) is 0 Å². The van der Waals surface area contributed by atoms with Crippen molar-refractivity contribution in [2.75, 3.05) is 13.6 Å². The van der Waals surface area contributed by atoms with Crippen LogP contribution >= 0.6 is 11.3 Å². The maximum absolute atomic E-state index is 5.86. The van der Waals surface area contributed by atoms with Crippen LogP contribution in [0.25, 0.3) is 12.2 Å². The van der Waals surface area contributed by atoms with Crippen LogP contribution in [0.15, 0.2) is 48.4 Å². The van der Waals surface area contributed by atoms with Crippen LogP contribution in [0.4, 0.5) is 0 Å². The molecule has 0 unspecified atom stereocenters. The highest BCUT2D eigenvalue weighted by atomic mass is 32.1. The minimum Gasteiger partial charge on any atom is -0.487 e. The van der Waals surface area contributed by atoms with E-state index < -0.39 is 0 Å². The number of hydrogen-bond donors (Lipinski definition) is 1. The quantitative estimate of drug-likeness (QED) is 0.667. The maximum Gasteiger partial charge on any atom is 0.127 e. The second-order valence-corrected chi connectivity index (χ2v) is 5.57. The smallest absolute Gasteiger partial charge is 0.127 e. The third-order valence-corrected chi connectivity index (χ3v) is 3.80. The van der Waals surface area contributed by atoms with Crippen molar-refractivity contribution < 1.29 is 4.74 Å². The van der Waals surface area contributed by atoms with Crippen molar-refractivity contribution in [2.24, 2.45) is 0 Å². The van der Waals surface area contributed by atoms with E-state index in [1.807, 2.05) is 58.2 Å². The van der Waals surface area contributed by atoms with Crippen molar-refractivity contribution in [2.45, 2.75) is 34.3 Å². The average Bonchev–Trinajstić information content (AvgIpc) is 3.16. The van der Waals surface area contributed by atoms with Crippen LogP contribution in [0.3, 0.4) is 0 Å². The fraction of sp³-hybridized carbons (Fsp3) is 0.333. The summed E-state index contributed by atoms with van der Waals surface area (Å²) >= 11 is 1.71. The van der Waals surface area contributed by atoms with E-state index in [4.69, 9.17) is 4.74 Å². The van der Waals surface area contributed by atoms with Crippen molar-refractivity contribution in [3.8, 4) is 5.75 Å². The van der Waals surface area contributed by atoms with Crippen LogP contribution in [0, 0.1) is 0 Å². The highest BCUT2D eigenvalue weighted by Gasteiger charge is 2.05. The van der Waals surface area contributed by atoms with E-state index >= 15 is 0 Å². The lowest BCUT2D eigenvalue weighted by atomic mass is 10.1. The van der Waals surface area contributed by atoms with Gasteiger partial charge in [-0.1, -0.05) is 63.8 Å². The Labute approximate surface area is 151 Å². The summed E-state index contributed by atoms with van der Waals surface area (Å²) in [6, 6.07) is 10.2. The van der Waals surface area contributed by atoms with Gasteiger partial charge in [0.25, 0.3) is 0 Å². The predicted molar refractivity (Wildman–Crippen MR) is 111 cm³/mol. The Morgan fingerprint density at radius 3 is 2.42 bits per heavy atom. The van der Waals surface area contributed by atoms with E-state index in [-0.39, 0.29) is 0 Å². The Balaban J connectivity index is 0.000000773. The third-order valence-electron chi connectivity index (χ3n) is 2.95. The number of allylic oxidation sites excluding steroid dienone is 1. The van der Waals surface area contributed by atoms with Crippen molar-refractivity contribution in [1.82, 2.24) is 5.32 Å². The molecule has 0 amide bonds. The lowest BCUT2D eigenvalue weighted by Gasteiger charge is -2.10.